The van der Waals surface area contributed by atoms with Gasteiger partial charge in [0.2, 0.25) is 0 Å². The zero-order chi connectivity index (χ0) is 15.3. The van der Waals surface area contributed by atoms with Crippen molar-refractivity contribution in [2.75, 3.05) is 5.32 Å². The van der Waals surface area contributed by atoms with Crippen LogP contribution in [-0.4, -0.2) is 22.6 Å². The Labute approximate surface area is 123 Å². The number of carboxylic acids is 1. The normalized spacial score (nSPS) is 11.0. The van der Waals surface area contributed by atoms with Gasteiger partial charge < -0.3 is 15.7 Å². The van der Waals surface area contributed by atoms with Crippen molar-refractivity contribution in [3.8, 4) is 0 Å². The Morgan fingerprint density at radius 2 is 1.90 bits per heavy atom. The third-order valence-corrected chi connectivity index (χ3v) is 3.67. The van der Waals surface area contributed by atoms with Gasteiger partial charge in [0.25, 0.3) is 0 Å². The number of carbonyl (C=O) groups excluding carboxylic acids is 1. The molecule has 0 aliphatic carbocycles. The summed E-state index contributed by atoms with van der Waals surface area (Å²) in [7, 11) is 0. The number of aromatic carboxylic acids is 1. The zero-order valence-corrected chi connectivity index (χ0v) is 12.5. The van der Waals surface area contributed by atoms with Crippen LogP contribution in [0.25, 0.3) is 0 Å². The number of benzene rings is 1. The van der Waals surface area contributed by atoms with Crippen molar-refractivity contribution in [1.29, 1.82) is 0 Å². The number of hydrogen-bond donors (Lipinski definition) is 3. The molecule has 3 N–H and O–H groups in total. The second-order valence-corrected chi connectivity index (χ2v) is 5.28. The summed E-state index contributed by atoms with van der Waals surface area (Å²) in [6, 6.07) is 3.88. The number of anilines is 1. The summed E-state index contributed by atoms with van der Waals surface area (Å²) in [6.07, 6.45) is 1.56. The van der Waals surface area contributed by atoms with Crippen LogP contribution < -0.4 is 10.6 Å². The quantitative estimate of drug-likeness (QED) is 0.775. The Morgan fingerprint density at radius 1 is 1.30 bits per heavy atom. The highest BCUT2D eigenvalue weighted by molar-refractivity contribution is 6.31. The first-order valence-corrected chi connectivity index (χ1v) is 6.81. The van der Waals surface area contributed by atoms with Crippen LogP contribution in [0.15, 0.2) is 18.2 Å². The van der Waals surface area contributed by atoms with E-state index >= 15 is 0 Å². The van der Waals surface area contributed by atoms with Crippen molar-refractivity contribution in [3.05, 3.63) is 28.8 Å². The Kier molecular flexibility index (Phi) is 5.39. The van der Waals surface area contributed by atoms with Crippen LogP contribution in [0.2, 0.25) is 5.02 Å². The maximum atomic E-state index is 12.0. The van der Waals surface area contributed by atoms with Crippen molar-refractivity contribution in [2.45, 2.75) is 39.2 Å². The van der Waals surface area contributed by atoms with Crippen LogP contribution in [-0.2, 0) is 0 Å². The van der Waals surface area contributed by atoms with E-state index in [-0.39, 0.29) is 16.8 Å². The summed E-state index contributed by atoms with van der Waals surface area (Å²) in [5, 5.41) is 14.8. The van der Waals surface area contributed by atoms with E-state index in [0.29, 0.717) is 5.02 Å². The molecule has 0 aliphatic heterocycles. The van der Waals surface area contributed by atoms with Crippen LogP contribution in [0, 0.1) is 0 Å². The van der Waals surface area contributed by atoms with Crippen LogP contribution in [0.3, 0.4) is 0 Å². The van der Waals surface area contributed by atoms with E-state index < -0.39 is 12.0 Å². The molecule has 0 saturated carbocycles. The first kappa shape index (κ1) is 16.3. The molecule has 1 rings (SSSR count). The Hall–Kier alpha value is -1.75. The number of hydrogen-bond acceptors (Lipinski definition) is 2. The van der Waals surface area contributed by atoms with E-state index in [2.05, 4.69) is 10.6 Å². The SMILES string of the molecule is CCC(C)(CC)NC(=O)Nc1ccc(Cl)cc1C(=O)O. The topological polar surface area (TPSA) is 78.4 Å². The minimum Gasteiger partial charge on any atom is -0.478 e. The summed E-state index contributed by atoms with van der Waals surface area (Å²) in [4.78, 5) is 23.1. The number of halogens is 1. The number of rotatable bonds is 5. The van der Waals surface area contributed by atoms with Crippen LogP contribution in [0.4, 0.5) is 10.5 Å². The molecule has 110 valence electrons. The fourth-order valence-electron chi connectivity index (χ4n) is 1.66. The Morgan fingerprint density at radius 3 is 2.40 bits per heavy atom. The molecule has 0 unspecified atom stereocenters. The highest BCUT2D eigenvalue weighted by atomic mass is 35.5. The summed E-state index contributed by atoms with van der Waals surface area (Å²) >= 11 is 5.76. The lowest BCUT2D eigenvalue weighted by Crippen LogP contribution is -2.47. The highest BCUT2D eigenvalue weighted by Crippen LogP contribution is 2.21. The predicted octanol–water partition coefficient (Wildman–Crippen LogP) is 3.74. The van der Waals surface area contributed by atoms with Gasteiger partial charge in [-0.15, -0.1) is 0 Å². The maximum absolute atomic E-state index is 12.0. The lowest BCUT2D eigenvalue weighted by molar-refractivity contribution is 0.0698. The van der Waals surface area contributed by atoms with Gasteiger partial charge in [0, 0.05) is 10.6 Å². The minimum absolute atomic E-state index is 0.0395. The number of amides is 2. The van der Waals surface area contributed by atoms with E-state index in [9.17, 15) is 9.59 Å². The predicted molar refractivity (Wildman–Crippen MR) is 79.6 cm³/mol. The van der Waals surface area contributed by atoms with Crippen molar-refractivity contribution in [2.24, 2.45) is 0 Å². The Bertz CT molecular complexity index is 513. The molecule has 0 saturated heterocycles. The van der Waals surface area contributed by atoms with Crippen molar-refractivity contribution >= 4 is 29.3 Å². The van der Waals surface area contributed by atoms with Crippen molar-refractivity contribution in [3.63, 3.8) is 0 Å². The molecule has 2 amide bonds. The van der Waals surface area contributed by atoms with Gasteiger partial charge in [-0.25, -0.2) is 9.59 Å². The van der Waals surface area contributed by atoms with E-state index in [0.717, 1.165) is 12.8 Å². The Balaban J connectivity index is 2.89. The average Bonchev–Trinajstić information content (AvgIpc) is 2.40. The molecule has 0 radical (unpaired) electrons. The standard InChI is InChI=1S/C14H19ClN2O3/c1-4-14(3,5-2)17-13(20)16-11-7-6-9(15)8-10(11)12(18)19/h6-8H,4-5H2,1-3H3,(H,18,19)(H2,16,17,20). The van der Waals surface area contributed by atoms with Gasteiger partial charge in [0.15, 0.2) is 0 Å². The van der Waals surface area contributed by atoms with Crippen molar-refractivity contribution in [1.82, 2.24) is 5.32 Å². The molecule has 0 aliphatic rings. The van der Waals surface area contributed by atoms with Gasteiger partial charge in [0.05, 0.1) is 11.3 Å². The summed E-state index contributed by atoms with van der Waals surface area (Å²) in [5.74, 6) is -1.14. The highest BCUT2D eigenvalue weighted by Gasteiger charge is 2.22. The molecule has 0 atom stereocenters. The maximum Gasteiger partial charge on any atom is 0.337 e. The molecule has 0 fully saturated rings. The molecule has 0 heterocycles. The third kappa shape index (κ3) is 4.13. The van der Waals surface area contributed by atoms with E-state index in [1.165, 1.54) is 18.2 Å². The molecule has 0 spiro atoms. The first-order valence-electron chi connectivity index (χ1n) is 6.43. The van der Waals surface area contributed by atoms with E-state index in [1.807, 2.05) is 20.8 Å². The van der Waals surface area contributed by atoms with Crippen LogP contribution in [0.1, 0.15) is 44.0 Å². The van der Waals surface area contributed by atoms with Gasteiger partial charge in [-0.3, -0.25) is 0 Å². The second-order valence-electron chi connectivity index (χ2n) is 4.84. The molecule has 0 bridgehead atoms. The van der Waals surface area contributed by atoms with Gasteiger partial charge in [-0.2, -0.15) is 0 Å². The third-order valence-electron chi connectivity index (χ3n) is 3.44. The summed E-state index contributed by atoms with van der Waals surface area (Å²) in [5.41, 5.74) is -0.142. The number of urea groups is 1. The van der Waals surface area contributed by atoms with Gasteiger partial charge in [0.1, 0.15) is 0 Å². The molecule has 6 heteroatoms. The molecular weight excluding hydrogens is 280 g/mol. The smallest absolute Gasteiger partial charge is 0.337 e. The van der Waals surface area contributed by atoms with Crippen molar-refractivity contribution < 1.29 is 14.7 Å². The number of carbonyl (C=O) groups is 2. The molecule has 1 aromatic rings. The van der Waals surface area contributed by atoms with E-state index in [1.54, 1.807) is 0 Å². The monoisotopic (exact) mass is 298 g/mol. The fourth-order valence-corrected chi connectivity index (χ4v) is 1.83. The number of nitrogens with one attached hydrogen (secondary N) is 2. The minimum atomic E-state index is -1.14. The molecule has 5 nitrogen and oxygen atoms in total. The molecule has 1 aromatic carbocycles. The van der Waals surface area contributed by atoms with E-state index in [4.69, 9.17) is 16.7 Å². The fraction of sp³-hybridized carbons (Fsp3) is 0.429. The van der Waals surface area contributed by atoms with Gasteiger partial charge >= 0.3 is 12.0 Å². The van der Waals surface area contributed by atoms with Gasteiger partial charge in [-0.05, 0) is 38.0 Å². The van der Waals surface area contributed by atoms with Crippen LogP contribution in [0.5, 0.6) is 0 Å². The zero-order valence-electron chi connectivity index (χ0n) is 11.8. The largest absolute Gasteiger partial charge is 0.478 e. The molecule has 20 heavy (non-hydrogen) atoms. The lowest BCUT2D eigenvalue weighted by Gasteiger charge is -2.28. The van der Waals surface area contributed by atoms with Gasteiger partial charge in [-0.1, -0.05) is 25.4 Å². The number of carboxylic acid groups (broad SMARTS) is 1. The molecule has 0 aromatic heterocycles. The summed E-state index contributed by atoms with van der Waals surface area (Å²) < 4.78 is 0. The first-order chi connectivity index (χ1) is 9.31. The van der Waals surface area contributed by atoms with Crippen LogP contribution >= 0.6 is 11.6 Å². The summed E-state index contributed by atoms with van der Waals surface area (Å²) in [6.45, 7) is 5.90. The molecular formula is C14H19ClN2O3. The average molecular weight is 299 g/mol. The second kappa shape index (κ2) is 6.61. The lowest BCUT2D eigenvalue weighted by atomic mass is 9.96.